The van der Waals surface area contributed by atoms with E-state index in [1.54, 1.807) is 6.07 Å². The Labute approximate surface area is 101 Å². The minimum atomic E-state index is -1.01. The van der Waals surface area contributed by atoms with Crippen molar-refractivity contribution >= 4 is 5.97 Å². The zero-order valence-electron chi connectivity index (χ0n) is 10.1. The van der Waals surface area contributed by atoms with Crippen molar-refractivity contribution in [3.8, 4) is 0 Å². The summed E-state index contributed by atoms with van der Waals surface area (Å²) in [6.07, 6.45) is -0.518. The fraction of sp³-hybridized carbons (Fsp3) is 0.462. The zero-order chi connectivity index (χ0) is 12.8. The van der Waals surface area contributed by atoms with Gasteiger partial charge in [0.15, 0.2) is 6.10 Å². The summed E-state index contributed by atoms with van der Waals surface area (Å²) in [5.41, 5.74) is 2.80. The minimum Gasteiger partial charge on any atom is -0.479 e. The normalized spacial score (nSPS) is 12.4. The maximum Gasteiger partial charge on any atom is 0.337 e. The Morgan fingerprint density at radius 3 is 2.59 bits per heavy atom. The number of carboxylic acid groups (broad SMARTS) is 1. The maximum atomic E-state index is 11.1. The van der Waals surface area contributed by atoms with Crippen LogP contribution in [0, 0.1) is 13.8 Å². The number of hydrogen-bond donors (Lipinski definition) is 2. The molecule has 0 bridgehead atoms. The van der Waals surface area contributed by atoms with Gasteiger partial charge in [-0.15, -0.1) is 0 Å². The predicted molar refractivity (Wildman–Crippen MR) is 63.9 cm³/mol. The summed E-state index contributed by atoms with van der Waals surface area (Å²) in [5.74, 6) is -1.01. The highest BCUT2D eigenvalue weighted by Gasteiger charge is 2.20. The highest BCUT2D eigenvalue weighted by molar-refractivity contribution is 5.74. The third kappa shape index (κ3) is 3.84. The molecule has 0 fully saturated rings. The largest absolute Gasteiger partial charge is 0.479 e. The summed E-state index contributed by atoms with van der Waals surface area (Å²) in [5, 5.41) is 17.7. The molecule has 94 valence electrons. The molecule has 1 unspecified atom stereocenters. The molecule has 0 radical (unpaired) electrons. The van der Waals surface area contributed by atoms with E-state index in [1.165, 1.54) is 0 Å². The molecule has 0 aromatic heterocycles. The first-order valence-corrected chi connectivity index (χ1v) is 5.58. The minimum absolute atomic E-state index is 0.000730. The number of benzene rings is 1. The Hall–Kier alpha value is -1.39. The Bertz CT molecular complexity index is 387. The molecule has 17 heavy (non-hydrogen) atoms. The van der Waals surface area contributed by atoms with Crippen LogP contribution in [0.1, 0.15) is 29.2 Å². The van der Waals surface area contributed by atoms with Crippen LogP contribution in [0.5, 0.6) is 0 Å². The van der Waals surface area contributed by atoms with E-state index in [2.05, 4.69) is 0 Å². The first kappa shape index (κ1) is 13.7. The van der Waals surface area contributed by atoms with Crippen LogP contribution < -0.4 is 0 Å². The second-order valence-corrected chi connectivity index (χ2v) is 4.01. The standard InChI is InChI=1S/C13H18O4/c1-9-4-5-11(8-10(9)2)12(13(15)16)17-7-3-6-14/h4-5,8,12,14H,3,6-7H2,1-2H3,(H,15,16). The van der Waals surface area contributed by atoms with E-state index in [1.807, 2.05) is 26.0 Å². The lowest BCUT2D eigenvalue weighted by atomic mass is 10.0. The number of ether oxygens (including phenoxy) is 1. The number of carboxylic acids is 1. The van der Waals surface area contributed by atoms with Crippen LogP contribution >= 0.6 is 0 Å². The lowest BCUT2D eigenvalue weighted by Gasteiger charge is -2.15. The molecule has 0 saturated carbocycles. The molecular formula is C13H18O4. The van der Waals surface area contributed by atoms with Crippen molar-refractivity contribution in [1.82, 2.24) is 0 Å². The van der Waals surface area contributed by atoms with Crippen LogP contribution in [0.15, 0.2) is 18.2 Å². The number of aliphatic carboxylic acids is 1. The third-order valence-electron chi connectivity index (χ3n) is 2.64. The molecule has 0 spiro atoms. The molecule has 0 heterocycles. The number of aliphatic hydroxyl groups is 1. The van der Waals surface area contributed by atoms with Crippen molar-refractivity contribution in [2.24, 2.45) is 0 Å². The molecule has 2 N–H and O–H groups in total. The fourth-order valence-electron chi connectivity index (χ4n) is 1.50. The van der Waals surface area contributed by atoms with Gasteiger partial charge in [-0.05, 0) is 37.0 Å². The molecule has 1 aromatic rings. The maximum absolute atomic E-state index is 11.1. The molecule has 0 aliphatic rings. The van der Waals surface area contributed by atoms with Gasteiger partial charge in [0.05, 0.1) is 6.61 Å². The summed E-state index contributed by atoms with van der Waals surface area (Å²) < 4.78 is 5.27. The van der Waals surface area contributed by atoms with Gasteiger partial charge in [0.2, 0.25) is 0 Å². The quantitative estimate of drug-likeness (QED) is 0.742. The molecule has 0 saturated heterocycles. The zero-order valence-corrected chi connectivity index (χ0v) is 10.1. The first-order chi connectivity index (χ1) is 8.06. The number of aliphatic hydroxyl groups excluding tert-OH is 1. The second-order valence-electron chi connectivity index (χ2n) is 4.01. The molecule has 1 rings (SSSR count). The van der Waals surface area contributed by atoms with Crippen molar-refractivity contribution in [3.05, 3.63) is 34.9 Å². The van der Waals surface area contributed by atoms with E-state index in [9.17, 15) is 4.79 Å². The van der Waals surface area contributed by atoms with Gasteiger partial charge in [0, 0.05) is 6.61 Å². The lowest BCUT2D eigenvalue weighted by molar-refractivity contribution is -0.151. The van der Waals surface area contributed by atoms with Crippen LogP contribution in [0.3, 0.4) is 0 Å². The monoisotopic (exact) mass is 238 g/mol. The van der Waals surface area contributed by atoms with Crippen molar-refractivity contribution in [2.45, 2.75) is 26.4 Å². The van der Waals surface area contributed by atoms with E-state index < -0.39 is 12.1 Å². The van der Waals surface area contributed by atoms with E-state index in [0.717, 1.165) is 11.1 Å². The summed E-state index contributed by atoms with van der Waals surface area (Å²) in [7, 11) is 0. The van der Waals surface area contributed by atoms with Crippen LogP contribution in [-0.2, 0) is 9.53 Å². The molecule has 1 aromatic carbocycles. The first-order valence-electron chi connectivity index (χ1n) is 5.58. The fourth-order valence-corrected chi connectivity index (χ4v) is 1.50. The van der Waals surface area contributed by atoms with Crippen molar-refractivity contribution in [2.75, 3.05) is 13.2 Å². The van der Waals surface area contributed by atoms with Crippen molar-refractivity contribution in [3.63, 3.8) is 0 Å². The highest BCUT2D eigenvalue weighted by Crippen LogP contribution is 2.20. The molecule has 4 nitrogen and oxygen atoms in total. The highest BCUT2D eigenvalue weighted by atomic mass is 16.5. The van der Waals surface area contributed by atoms with Gasteiger partial charge in [-0.3, -0.25) is 0 Å². The van der Waals surface area contributed by atoms with Crippen LogP contribution in [0.25, 0.3) is 0 Å². The predicted octanol–water partition coefficient (Wildman–Crippen LogP) is 1.83. The Balaban J connectivity index is 2.82. The van der Waals surface area contributed by atoms with E-state index in [0.29, 0.717) is 12.0 Å². The van der Waals surface area contributed by atoms with Gasteiger partial charge in [0.1, 0.15) is 0 Å². The molecule has 0 aliphatic carbocycles. The van der Waals surface area contributed by atoms with Crippen molar-refractivity contribution in [1.29, 1.82) is 0 Å². The third-order valence-corrected chi connectivity index (χ3v) is 2.64. The van der Waals surface area contributed by atoms with Gasteiger partial charge in [-0.2, -0.15) is 0 Å². The Kier molecular flexibility index (Phi) is 5.12. The molecule has 0 aliphatic heterocycles. The molecule has 0 amide bonds. The average Bonchev–Trinajstić information content (AvgIpc) is 2.28. The number of carbonyl (C=O) groups is 1. The molecular weight excluding hydrogens is 220 g/mol. The smallest absolute Gasteiger partial charge is 0.337 e. The van der Waals surface area contributed by atoms with Gasteiger partial charge in [-0.1, -0.05) is 18.2 Å². The average molecular weight is 238 g/mol. The van der Waals surface area contributed by atoms with E-state index >= 15 is 0 Å². The summed E-state index contributed by atoms with van der Waals surface area (Å²) in [6.45, 7) is 4.15. The Morgan fingerprint density at radius 2 is 2.06 bits per heavy atom. The second kappa shape index (κ2) is 6.37. The number of hydrogen-bond acceptors (Lipinski definition) is 3. The molecule has 1 atom stereocenters. The van der Waals surface area contributed by atoms with E-state index in [4.69, 9.17) is 14.9 Å². The number of rotatable bonds is 6. The van der Waals surface area contributed by atoms with Crippen LogP contribution in [0.4, 0.5) is 0 Å². The molecule has 4 heteroatoms. The summed E-state index contributed by atoms with van der Waals surface area (Å²) in [4.78, 5) is 11.1. The topological polar surface area (TPSA) is 66.8 Å². The van der Waals surface area contributed by atoms with Crippen LogP contribution in [-0.4, -0.2) is 29.4 Å². The Morgan fingerprint density at radius 1 is 1.35 bits per heavy atom. The number of aryl methyl sites for hydroxylation is 2. The summed E-state index contributed by atoms with van der Waals surface area (Å²) >= 11 is 0. The van der Waals surface area contributed by atoms with Crippen molar-refractivity contribution < 1.29 is 19.7 Å². The van der Waals surface area contributed by atoms with Gasteiger partial charge < -0.3 is 14.9 Å². The van der Waals surface area contributed by atoms with Gasteiger partial charge in [-0.25, -0.2) is 4.79 Å². The van der Waals surface area contributed by atoms with Gasteiger partial charge >= 0.3 is 5.97 Å². The van der Waals surface area contributed by atoms with Gasteiger partial charge in [0.25, 0.3) is 0 Å². The summed E-state index contributed by atoms with van der Waals surface area (Å²) in [6, 6.07) is 5.48. The van der Waals surface area contributed by atoms with Crippen LogP contribution in [0.2, 0.25) is 0 Å². The lowest BCUT2D eigenvalue weighted by Crippen LogP contribution is -2.16. The van der Waals surface area contributed by atoms with E-state index in [-0.39, 0.29) is 13.2 Å². The SMILES string of the molecule is Cc1ccc(C(OCCCO)C(=O)O)cc1C.